The van der Waals surface area contributed by atoms with Crippen LogP contribution in [-0.4, -0.2) is 42.4 Å². The van der Waals surface area contributed by atoms with Gasteiger partial charge in [-0.1, -0.05) is 76.8 Å². The van der Waals surface area contributed by atoms with Gasteiger partial charge in [0, 0.05) is 54.4 Å². The summed E-state index contributed by atoms with van der Waals surface area (Å²) in [6.45, 7) is 3.08. The minimum atomic E-state index is -0.514. The van der Waals surface area contributed by atoms with Gasteiger partial charge in [0.05, 0.1) is 16.5 Å². The van der Waals surface area contributed by atoms with E-state index in [2.05, 4.69) is 28.4 Å². The van der Waals surface area contributed by atoms with E-state index >= 15 is 0 Å². The summed E-state index contributed by atoms with van der Waals surface area (Å²) in [4.78, 5) is 43.1. The van der Waals surface area contributed by atoms with Gasteiger partial charge in [0.15, 0.2) is 16.8 Å². The van der Waals surface area contributed by atoms with Gasteiger partial charge < -0.3 is 19.5 Å². The molecule has 4 aromatic rings. The Morgan fingerprint density at radius 1 is 0.891 bits per heavy atom. The Labute approximate surface area is 282 Å². The molecule has 2 fully saturated rings. The van der Waals surface area contributed by atoms with Crippen LogP contribution in [0.1, 0.15) is 53.8 Å². The number of nitrogens with zero attached hydrogens (tertiary/aromatic N) is 2. The minimum absolute atomic E-state index is 0.119. The van der Waals surface area contributed by atoms with Gasteiger partial charge in [0.25, 0.3) is 5.91 Å². The molecule has 0 unspecified atom stereocenters. The summed E-state index contributed by atoms with van der Waals surface area (Å²) >= 11 is 18.5. The maximum absolute atomic E-state index is 13.5. The summed E-state index contributed by atoms with van der Waals surface area (Å²) in [5.74, 6) is -0.409. The van der Waals surface area contributed by atoms with E-state index in [4.69, 9.17) is 39.2 Å². The minimum Gasteiger partial charge on any atom is -0.449 e. The topological polar surface area (TPSA) is 82.9 Å². The highest BCUT2D eigenvalue weighted by Crippen LogP contribution is 2.29. The lowest BCUT2D eigenvalue weighted by Gasteiger charge is -2.34. The molecule has 7 nitrogen and oxygen atoms in total. The van der Waals surface area contributed by atoms with Crippen LogP contribution in [0.4, 0.5) is 5.69 Å². The molecule has 1 N–H and O–H groups in total. The Morgan fingerprint density at radius 2 is 1.65 bits per heavy atom. The van der Waals surface area contributed by atoms with Crippen LogP contribution in [0.3, 0.4) is 0 Å². The van der Waals surface area contributed by atoms with Gasteiger partial charge in [-0.3, -0.25) is 14.4 Å². The number of carbonyl (C=O) groups excluding carboxylic acids is 2. The third-order valence-corrected chi connectivity index (χ3v) is 9.37. The van der Waals surface area contributed by atoms with Crippen molar-refractivity contribution in [2.24, 2.45) is 0 Å². The zero-order valence-electron chi connectivity index (χ0n) is 25.2. The number of anilines is 1. The lowest BCUT2D eigenvalue weighted by Crippen LogP contribution is -2.37. The number of carbonyl (C=O) groups is 2. The third-order valence-electron chi connectivity index (χ3n) is 8.61. The summed E-state index contributed by atoms with van der Waals surface area (Å²) in [5.41, 5.74) is 4.28. The molecule has 6 rings (SSSR count). The molecule has 2 aliphatic rings. The number of halogens is 3. The number of fused-ring (bicyclic) bond motifs is 1. The molecule has 238 valence electrons. The van der Waals surface area contributed by atoms with Crippen molar-refractivity contribution in [3.63, 3.8) is 0 Å². The number of piperidine rings is 2. The normalized spacial score (nSPS) is 16.1. The number of nitrogens with one attached hydrogen (secondary N) is 1. The van der Waals surface area contributed by atoms with Crippen LogP contribution in [0.25, 0.3) is 11.0 Å². The maximum Gasteiger partial charge on any atom is 0.287 e. The molecule has 3 heterocycles. The van der Waals surface area contributed by atoms with Crippen molar-refractivity contribution in [2.75, 3.05) is 24.5 Å². The van der Waals surface area contributed by atoms with E-state index in [1.54, 1.807) is 0 Å². The summed E-state index contributed by atoms with van der Waals surface area (Å²) in [7, 11) is 0. The zero-order chi connectivity index (χ0) is 32.2. The second kappa shape index (κ2) is 14.3. The number of hydrogen-bond acceptors (Lipinski definition) is 5. The van der Waals surface area contributed by atoms with Gasteiger partial charge in [-0.25, -0.2) is 0 Å². The van der Waals surface area contributed by atoms with Crippen LogP contribution in [-0.2, 0) is 17.8 Å². The largest absolute Gasteiger partial charge is 0.449 e. The van der Waals surface area contributed by atoms with Crippen LogP contribution >= 0.6 is 34.8 Å². The van der Waals surface area contributed by atoms with Crippen molar-refractivity contribution in [3.05, 3.63) is 121 Å². The number of hydrogen-bond donors (Lipinski definition) is 1. The molecular weight excluding hydrogens is 645 g/mol. The van der Waals surface area contributed by atoms with Gasteiger partial charge in [-0.2, -0.15) is 0 Å². The quantitative estimate of drug-likeness (QED) is 0.192. The summed E-state index contributed by atoms with van der Waals surface area (Å²) in [6, 6.07) is 19.6. The Morgan fingerprint density at radius 3 is 2.41 bits per heavy atom. The molecule has 3 aromatic carbocycles. The molecule has 0 saturated carbocycles. The van der Waals surface area contributed by atoms with Crippen LogP contribution in [0.15, 0.2) is 87.6 Å². The van der Waals surface area contributed by atoms with Crippen molar-refractivity contribution in [3.8, 4) is 0 Å². The Hall–Kier alpha value is -3.78. The average molecular weight is 679 g/mol. The van der Waals surface area contributed by atoms with E-state index < -0.39 is 11.3 Å². The first-order valence-electron chi connectivity index (χ1n) is 15.5. The molecule has 0 bridgehead atoms. The van der Waals surface area contributed by atoms with Crippen molar-refractivity contribution < 1.29 is 14.0 Å². The molecule has 10 heteroatoms. The van der Waals surface area contributed by atoms with Crippen LogP contribution in [0.5, 0.6) is 0 Å². The molecule has 0 aliphatic carbocycles. The summed E-state index contributed by atoms with van der Waals surface area (Å²) in [5, 5.41) is 4.38. The monoisotopic (exact) mass is 677 g/mol. The number of para-hydroxylation sites is 1. The zero-order valence-corrected chi connectivity index (χ0v) is 27.5. The van der Waals surface area contributed by atoms with Crippen molar-refractivity contribution in [2.45, 2.75) is 51.1 Å². The first kappa shape index (κ1) is 32.2. The molecule has 2 aliphatic heterocycles. The smallest absolute Gasteiger partial charge is 0.287 e. The standard InChI is InChI=1S/C36H34Cl3N3O4/c37-26-10-8-23(9-11-26)17-28(40-36(45)33-21-32(43)29-19-27(38)20-30(39)35(29)46-33)18-24-12-15-41(16-13-24)31-6-2-1-5-25(31)22-42-14-4-3-7-34(42)44/h1-2,5-6,8-11,18-21,28H,3-4,7,12-17,22H2,(H,40,45)/t28-/m0/s1. The van der Waals surface area contributed by atoms with Crippen molar-refractivity contribution in [1.29, 1.82) is 0 Å². The third kappa shape index (κ3) is 7.60. The van der Waals surface area contributed by atoms with E-state index in [1.807, 2.05) is 41.3 Å². The Balaban J connectivity index is 1.20. The van der Waals surface area contributed by atoms with Gasteiger partial charge in [0.1, 0.15) is 0 Å². The SMILES string of the molecule is O=C(N[C@H](C=C1CCN(c2ccccc2CN2CCCCC2=O)CC1)Cc1ccc(Cl)cc1)c1cc(=O)c2cc(Cl)cc(Cl)c2o1. The molecular formula is C36H34Cl3N3O4. The van der Waals surface area contributed by atoms with E-state index in [0.29, 0.717) is 29.4 Å². The lowest BCUT2D eigenvalue weighted by atomic mass is 9.97. The van der Waals surface area contributed by atoms with E-state index in [1.165, 1.54) is 23.8 Å². The fourth-order valence-corrected chi connectivity index (χ4v) is 6.89. The highest BCUT2D eigenvalue weighted by molar-refractivity contribution is 6.38. The summed E-state index contributed by atoms with van der Waals surface area (Å²) in [6.07, 6.45) is 6.94. The molecule has 2 saturated heterocycles. The second-order valence-electron chi connectivity index (χ2n) is 11.9. The predicted octanol–water partition coefficient (Wildman–Crippen LogP) is 7.83. The number of amides is 2. The highest BCUT2D eigenvalue weighted by atomic mass is 35.5. The van der Waals surface area contributed by atoms with Crippen molar-refractivity contribution >= 4 is 63.3 Å². The fourth-order valence-electron chi connectivity index (χ4n) is 6.23. The Bertz CT molecular complexity index is 1840. The molecule has 46 heavy (non-hydrogen) atoms. The fraction of sp³-hybridized carbons (Fsp3) is 0.306. The number of benzene rings is 3. The van der Waals surface area contributed by atoms with Gasteiger partial charge in [-0.05, 0) is 73.6 Å². The summed E-state index contributed by atoms with van der Waals surface area (Å²) < 4.78 is 5.81. The lowest BCUT2D eigenvalue weighted by molar-refractivity contribution is -0.133. The van der Waals surface area contributed by atoms with Gasteiger partial charge in [-0.15, -0.1) is 0 Å². The number of rotatable bonds is 8. The van der Waals surface area contributed by atoms with Gasteiger partial charge in [0.2, 0.25) is 5.91 Å². The van der Waals surface area contributed by atoms with Crippen LogP contribution in [0.2, 0.25) is 15.1 Å². The number of likely N-dealkylation sites (tertiary alicyclic amines) is 1. The first-order chi connectivity index (χ1) is 22.2. The van der Waals surface area contributed by atoms with E-state index in [0.717, 1.165) is 62.1 Å². The molecule has 1 atom stereocenters. The highest BCUT2D eigenvalue weighted by Gasteiger charge is 2.23. The molecule has 0 radical (unpaired) electrons. The van der Waals surface area contributed by atoms with Crippen molar-refractivity contribution in [1.82, 2.24) is 10.2 Å². The molecule has 0 spiro atoms. The molecule has 2 amide bonds. The average Bonchev–Trinajstić information content (AvgIpc) is 3.04. The van der Waals surface area contributed by atoms with E-state index in [9.17, 15) is 14.4 Å². The van der Waals surface area contributed by atoms with E-state index in [-0.39, 0.29) is 33.7 Å². The maximum atomic E-state index is 13.5. The Kier molecular flexibility index (Phi) is 10.0. The predicted molar refractivity (Wildman–Crippen MR) is 184 cm³/mol. The second-order valence-corrected chi connectivity index (χ2v) is 13.1. The molecule has 1 aromatic heterocycles. The first-order valence-corrected chi connectivity index (χ1v) is 16.7. The van der Waals surface area contributed by atoms with Crippen LogP contribution < -0.4 is 15.6 Å². The van der Waals surface area contributed by atoms with Crippen LogP contribution in [0, 0.1) is 0 Å². The van der Waals surface area contributed by atoms with Gasteiger partial charge >= 0.3 is 0 Å².